The number of rotatable bonds is 1. The molecule has 170 valence electrons. The fraction of sp³-hybridized carbons (Fsp3) is 0.588. The van der Waals surface area contributed by atoms with E-state index in [-0.39, 0.29) is 5.92 Å². The Balaban J connectivity index is 1.96. The molecule has 0 radical (unpaired) electrons. The van der Waals surface area contributed by atoms with Gasteiger partial charge >= 0.3 is 0 Å². The normalized spacial score (nSPS) is 23.6. The van der Waals surface area contributed by atoms with Crippen LogP contribution in [0.4, 0.5) is 0 Å². The average Bonchev–Trinajstić information content (AvgIpc) is 3.58. The lowest BCUT2D eigenvalue weighted by atomic mass is 10.1. The van der Waals surface area contributed by atoms with Gasteiger partial charge in [0.15, 0.2) is 0 Å². The molecule has 0 bridgehead atoms. The maximum Gasteiger partial charge on any atom is 0.243 e. The van der Waals surface area contributed by atoms with Crippen LogP contribution in [0.1, 0.15) is 12.8 Å². The Kier molecular flexibility index (Phi) is 8.72. The molecule has 2 aliphatic rings. The lowest BCUT2D eigenvalue weighted by Crippen LogP contribution is -2.52. The summed E-state index contributed by atoms with van der Waals surface area (Å²) in [7, 11) is 0. The molecule has 14 nitrogen and oxygen atoms in total. The molecule has 1 atom stereocenters. The number of amides is 7. The molecular formula is C17H25N7O7. The maximum atomic E-state index is 12.3. The van der Waals surface area contributed by atoms with E-state index >= 15 is 0 Å². The van der Waals surface area contributed by atoms with Crippen LogP contribution in [0.3, 0.4) is 0 Å². The molecule has 14 heteroatoms. The Hall–Kier alpha value is -3.71. The summed E-state index contributed by atoms with van der Waals surface area (Å²) >= 11 is 0. The molecule has 7 amide bonds. The molecule has 1 saturated carbocycles. The molecule has 1 heterocycles. The van der Waals surface area contributed by atoms with E-state index in [9.17, 15) is 33.6 Å². The zero-order chi connectivity index (χ0) is 22.8. The molecule has 7 N–H and O–H groups in total. The molecule has 0 spiro atoms. The van der Waals surface area contributed by atoms with Crippen molar-refractivity contribution in [3.05, 3.63) is 0 Å². The van der Waals surface area contributed by atoms with Crippen molar-refractivity contribution in [3.63, 3.8) is 0 Å². The fourth-order valence-corrected chi connectivity index (χ4v) is 2.54. The number of nitrogens with one attached hydrogen (secondary N) is 7. The lowest BCUT2D eigenvalue weighted by Gasteiger charge is -2.18. The zero-order valence-corrected chi connectivity index (χ0v) is 16.7. The van der Waals surface area contributed by atoms with E-state index in [1.165, 1.54) is 0 Å². The average molecular weight is 439 g/mol. The third-order valence-corrected chi connectivity index (χ3v) is 4.35. The van der Waals surface area contributed by atoms with Gasteiger partial charge in [0, 0.05) is 0 Å². The lowest BCUT2D eigenvalue weighted by molar-refractivity contribution is -0.131. The van der Waals surface area contributed by atoms with Crippen molar-refractivity contribution in [2.45, 2.75) is 18.9 Å². The van der Waals surface area contributed by atoms with Gasteiger partial charge in [-0.25, -0.2) is 0 Å². The third kappa shape index (κ3) is 9.10. The van der Waals surface area contributed by atoms with Gasteiger partial charge in [0.1, 0.15) is 6.04 Å². The van der Waals surface area contributed by atoms with Crippen LogP contribution in [-0.4, -0.2) is 86.7 Å². The van der Waals surface area contributed by atoms with Gasteiger partial charge in [-0.15, -0.1) is 0 Å². The Labute approximate surface area is 177 Å². The molecule has 0 aromatic heterocycles. The number of carbonyl (C=O) groups is 7. The molecule has 1 saturated heterocycles. The Morgan fingerprint density at radius 2 is 0.774 bits per heavy atom. The molecular weight excluding hydrogens is 414 g/mol. The van der Waals surface area contributed by atoms with Gasteiger partial charge in [-0.2, -0.15) is 0 Å². The van der Waals surface area contributed by atoms with Gasteiger partial charge in [0.05, 0.1) is 39.3 Å². The van der Waals surface area contributed by atoms with Crippen molar-refractivity contribution in [1.29, 1.82) is 0 Å². The minimum atomic E-state index is -0.855. The van der Waals surface area contributed by atoms with Gasteiger partial charge in [0.25, 0.3) is 0 Å². The second kappa shape index (κ2) is 11.5. The first-order valence-electron chi connectivity index (χ1n) is 9.65. The quantitative estimate of drug-likeness (QED) is 0.211. The summed E-state index contributed by atoms with van der Waals surface area (Å²) in [5.41, 5.74) is 0. The first-order chi connectivity index (χ1) is 14.7. The van der Waals surface area contributed by atoms with Crippen LogP contribution in [-0.2, 0) is 33.6 Å². The van der Waals surface area contributed by atoms with Crippen molar-refractivity contribution in [1.82, 2.24) is 37.2 Å². The predicted molar refractivity (Wildman–Crippen MR) is 103 cm³/mol. The summed E-state index contributed by atoms with van der Waals surface area (Å²) in [5, 5.41) is 16.3. The van der Waals surface area contributed by atoms with Gasteiger partial charge in [-0.3, -0.25) is 33.6 Å². The van der Waals surface area contributed by atoms with Crippen molar-refractivity contribution < 1.29 is 33.6 Å². The van der Waals surface area contributed by atoms with E-state index < -0.39 is 86.7 Å². The number of hydrogen-bond donors (Lipinski definition) is 7. The summed E-state index contributed by atoms with van der Waals surface area (Å²) in [4.78, 5) is 82.9. The Morgan fingerprint density at radius 3 is 1.13 bits per heavy atom. The summed E-state index contributed by atoms with van der Waals surface area (Å²) < 4.78 is 0. The van der Waals surface area contributed by atoms with Gasteiger partial charge in [-0.05, 0) is 18.8 Å². The first-order valence-corrected chi connectivity index (χ1v) is 9.65. The molecule has 1 aliphatic heterocycles. The van der Waals surface area contributed by atoms with E-state index in [0.717, 1.165) is 12.8 Å². The van der Waals surface area contributed by atoms with Crippen LogP contribution in [0.25, 0.3) is 0 Å². The van der Waals surface area contributed by atoms with Crippen molar-refractivity contribution in [3.8, 4) is 0 Å². The second-order valence-electron chi connectivity index (χ2n) is 6.98. The highest BCUT2D eigenvalue weighted by Crippen LogP contribution is 2.32. The molecule has 0 aromatic rings. The van der Waals surface area contributed by atoms with E-state index in [1.54, 1.807) is 0 Å². The van der Waals surface area contributed by atoms with Crippen LogP contribution in [0.5, 0.6) is 0 Å². The van der Waals surface area contributed by atoms with Crippen LogP contribution in [0.15, 0.2) is 0 Å². The summed E-state index contributed by atoms with van der Waals surface area (Å²) in [5.74, 6) is -4.46. The monoisotopic (exact) mass is 439 g/mol. The second-order valence-corrected chi connectivity index (χ2v) is 6.98. The van der Waals surface area contributed by atoms with Crippen LogP contribution < -0.4 is 37.2 Å². The van der Waals surface area contributed by atoms with Crippen LogP contribution in [0, 0.1) is 5.92 Å². The molecule has 2 fully saturated rings. The zero-order valence-electron chi connectivity index (χ0n) is 16.7. The number of carbonyl (C=O) groups excluding carboxylic acids is 7. The van der Waals surface area contributed by atoms with E-state index in [0.29, 0.717) is 0 Å². The maximum absolute atomic E-state index is 12.3. The fourth-order valence-electron chi connectivity index (χ4n) is 2.54. The first kappa shape index (κ1) is 23.6. The van der Waals surface area contributed by atoms with E-state index in [1.807, 2.05) is 0 Å². The highest BCUT2D eigenvalue weighted by atomic mass is 16.2. The van der Waals surface area contributed by atoms with Gasteiger partial charge in [-0.1, -0.05) is 0 Å². The van der Waals surface area contributed by atoms with Crippen molar-refractivity contribution in [2.24, 2.45) is 5.92 Å². The summed E-state index contributed by atoms with van der Waals surface area (Å²) in [6, 6.07) is -0.855. The van der Waals surface area contributed by atoms with Crippen molar-refractivity contribution in [2.75, 3.05) is 39.3 Å². The SMILES string of the molecule is O=C1CNC(=O)CNC(=O)CNC(=O)C(C2CC2)NC(=O)CNC(=O)CNC(=O)CN1. The topological polar surface area (TPSA) is 204 Å². The van der Waals surface area contributed by atoms with Crippen LogP contribution in [0.2, 0.25) is 0 Å². The highest BCUT2D eigenvalue weighted by molar-refractivity contribution is 5.94. The van der Waals surface area contributed by atoms with Crippen LogP contribution >= 0.6 is 0 Å². The summed E-state index contributed by atoms with van der Waals surface area (Å²) in [6.07, 6.45) is 1.46. The van der Waals surface area contributed by atoms with Crippen molar-refractivity contribution >= 4 is 41.4 Å². The molecule has 31 heavy (non-hydrogen) atoms. The predicted octanol–water partition coefficient (Wildman–Crippen LogP) is -5.41. The molecule has 1 aliphatic carbocycles. The minimum absolute atomic E-state index is 0.0700. The van der Waals surface area contributed by atoms with E-state index in [4.69, 9.17) is 0 Å². The van der Waals surface area contributed by atoms with Gasteiger partial charge in [0.2, 0.25) is 41.4 Å². The Bertz CT molecular complexity index is 766. The van der Waals surface area contributed by atoms with E-state index in [2.05, 4.69) is 37.2 Å². The number of hydrogen-bond acceptors (Lipinski definition) is 7. The third-order valence-electron chi connectivity index (χ3n) is 4.35. The highest BCUT2D eigenvalue weighted by Gasteiger charge is 2.37. The minimum Gasteiger partial charge on any atom is -0.346 e. The Morgan fingerprint density at radius 1 is 0.452 bits per heavy atom. The largest absolute Gasteiger partial charge is 0.346 e. The standard InChI is InChI=1S/C17H25N7O7/c25-10-3-19-12(27)5-21-14(29)7-23-17(31)16(9-1-2-9)24-15(30)8-22-13(28)6-20-11(26)4-18-10/h9,16H,1-8H2,(H,18,25)(H,19,27)(H,20,26)(H,21,29)(H,22,28)(H,23,31)(H,24,30). The smallest absolute Gasteiger partial charge is 0.243 e. The summed E-state index contributed by atoms with van der Waals surface area (Å²) in [6.45, 7) is -2.49. The molecule has 0 aromatic carbocycles. The molecule has 1 unspecified atom stereocenters. The molecule has 2 rings (SSSR count). The van der Waals surface area contributed by atoms with Gasteiger partial charge < -0.3 is 37.2 Å².